The third-order valence-corrected chi connectivity index (χ3v) is 2.88. The third-order valence-electron chi connectivity index (χ3n) is 2.88. The van der Waals surface area contributed by atoms with Crippen molar-refractivity contribution < 1.29 is 4.74 Å². The molecular formula is C14H19N3O2. The van der Waals surface area contributed by atoms with Crippen molar-refractivity contribution in [3.8, 4) is 0 Å². The van der Waals surface area contributed by atoms with E-state index in [0.29, 0.717) is 12.2 Å². The Morgan fingerprint density at radius 2 is 2.26 bits per heavy atom. The lowest BCUT2D eigenvalue weighted by Crippen LogP contribution is -2.20. The number of pyridine rings is 1. The molecule has 19 heavy (non-hydrogen) atoms. The Bertz CT molecular complexity index is 580. The molecule has 5 nitrogen and oxygen atoms in total. The van der Waals surface area contributed by atoms with Gasteiger partial charge in [-0.2, -0.15) is 0 Å². The summed E-state index contributed by atoms with van der Waals surface area (Å²) < 4.78 is 6.53. The van der Waals surface area contributed by atoms with Crippen molar-refractivity contribution in [1.82, 2.24) is 14.7 Å². The maximum absolute atomic E-state index is 11.9. The van der Waals surface area contributed by atoms with Gasteiger partial charge in [0.15, 0.2) is 0 Å². The quantitative estimate of drug-likeness (QED) is 0.761. The lowest BCUT2D eigenvalue weighted by molar-refractivity contribution is 0.192. The third kappa shape index (κ3) is 3.87. The van der Waals surface area contributed by atoms with Crippen LogP contribution in [0.2, 0.25) is 0 Å². The lowest BCUT2D eigenvalue weighted by Gasteiger charge is -2.05. The average Bonchev–Trinajstić information content (AvgIpc) is 2.43. The van der Waals surface area contributed by atoms with Crippen LogP contribution in [-0.2, 0) is 11.3 Å². The first-order chi connectivity index (χ1) is 9.31. The summed E-state index contributed by atoms with van der Waals surface area (Å²) in [7, 11) is 1.71. The molecule has 2 rings (SSSR count). The average molecular weight is 261 g/mol. The molecule has 0 atom stereocenters. The minimum absolute atomic E-state index is 0.0400. The normalized spacial score (nSPS) is 11.0. The molecule has 0 fully saturated rings. The van der Waals surface area contributed by atoms with Crippen molar-refractivity contribution in [1.29, 1.82) is 0 Å². The van der Waals surface area contributed by atoms with E-state index in [0.717, 1.165) is 31.7 Å². The van der Waals surface area contributed by atoms with Crippen molar-refractivity contribution >= 4 is 5.65 Å². The van der Waals surface area contributed by atoms with Gasteiger partial charge in [-0.3, -0.25) is 9.20 Å². The van der Waals surface area contributed by atoms with Crippen LogP contribution in [0.15, 0.2) is 35.3 Å². The monoisotopic (exact) mass is 261 g/mol. The van der Waals surface area contributed by atoms with Crippen LogP contribution in [0.5, 0.6) is 0 Å². The van der Waals surface area contributed by atoms with Gasteiger partial charge >= 0.3 is 0 Å². The summed E-state index contributed by atoms with van der Waals surface area (Å²) in [6.45, 7) is 2.31. The highest BCUT2D eigenvalue weighted by molar-refractivity contribution is 5.37. The molecule has 0 saturated carbocycles. The van der Waals surface area contributed by atoms with Gasteiger partial charge in [-0.1, -0.05) is 6.07 Å². The second-order valence-corrected chi connectivity index (χ2v) is 4.39. The number of ether oxygens (including phenoxy) is 1. The Kier molecular flexibility index (Phi) is 5.06. The predicted octanol–water partition coefficient (Wildman–Crippen LogP) is 1.21. The van der Waals surface area contributed by atoms with Crippen LogP contribution in [0.4, 0.5) is 0 Å². The van der Waals surface area contributed by atoms with Crippen molar-refractivity contribution in [2.24, 2.45) is 0 Å². The van der Waals surface area contributed by atoms with E-state index in [9.17, 15) is 4.79 Å². The summed E-state index contributed by atoms with van der Waals surface area (Å²) in [5.74, 6) is 0. The van der Waals surface area contributed by atoms with Gasteiger partial charge in [0.05, 0.1) is 5.69 Å². The molecule has 0 aliphatic rings. The second kappa shape index (κ2) is 7.01. The number of aromatic nitrogens is 2. The fourth-order valence-electron chi connectivity index (χ4n) is 1.91. The number of methoxy groups -OCH3 is 1. The Hall–Kier alpha value is -1.72. The zero-order valence-corrected chi connectivity index (χ0v) is 11.1. The number of rotatable bonds is 7. The number of fused-ring (bicyclic) bond motifs is 1. The van der Waals surface area contributed by atoms with E-state index in [1.54, 1.807) is 23.8 Å². The van der Waals surface area contributed by atoms with Gasteiger partial charge in [0.25, 0.3) is 5.56 Å². The minimum Gasteiger partial charge on any atom is -0.385 e. The maximum atomic E-state index is 11.9. The molecule has 0 aromatic carbocycles. The molecule has 0 aliphatic heterocycles. The molecule has 102 valence electrons. The summed E-state index contributed by atoms with van der Waals surface area (Å²) in [5.41, 5.74) is 1.43. The topological polar surface area (TPSA) is 55.6 Å². The van der Waals surface area contributed by atoms with Gasteiger partial charge in [-0.05, 0) is 31.5 Å². The molecule has 0 radical (unpaired) electrons. The summed E-state index contributed by atoms with van der Waals surface area (Å²) in [6.07, 6.45) is 3.82. The Labute approximate surface area is 112 Å². The minimum atomic E-state index is -0.0400. The highest BCUT2D eigenvalue weighted by Gasteiger charge is 2.01. The van der Waals surface area contributed by atoms with Gasteiger partial charge in [0.1, 0.15) is 5.65 Å². The predicted molar refractivity (Wildman–Crippen MR) is 74.3 cm³/mol. The van der Waals surface area contributed by atoms with E-state index in [2.05, 4.69) is 10.3 Å². The molecule has 2 heterocycles. The van der Waals surface area contributed by atoms with Gasteiger partial charge in [-0.25, -0.2) is 4.98 Å². The molecule has 0 aliphatic carbocycles. The van der Waals surface area contributed by atoms with Crippen molar-refractivity contribution in [3.05, 3.63) is 46.5 Å². The van der Waals surface area contributed by atoms with Crippen LogP contribution in [0.1, 0.15) is 18.5 Å². The Morgan fingerprint density at radius 3 is 3.11 bits per heavy atom. The van der Waals surface area contributed by atoms with E-state index in [4.69, 9.17) is 4.74 Å². The Morgan fingerprint density at radius 1 is 1.37 bits per heavy atom. The van der Waals surface area contributed by atoms with Gasteiger partial charge in [0.2, 0.25) is 0 Å². The van der Waals surface area contributed by atoms with Crippen molar-refractivity contribution in [3.63, 3.8) is 0 Å². The first-order valence-corrected chi connectivity index (χ1v) is 6.48. The largest absolute Gasteiger partial charge is 0.385 e. The number of nitrogens with zero attached hydrogens (tertiary/aromatic N) is 2. The molecule has 1 N–H and O–H groups in total. The van der Waals surface area contributed by atoms with Crippen molar-refractivity contribution in [2.75, 3.05) is 20.3 Å². The summed E-state index contributed by atoms with van der Waals surface area (Å²) in [5, 5.41) is 3.29. The first kappa shape index (κ1) is 13.7. The van der Waals surface area contributed by atoms with Crippen LogP contribution in [0.3, 0.4) is 0 Å². The second-order valence-electron chi connectivity index (χ2n) is 4.39. The zero-order valence-electron chi connectivity index (χ0n) is 11.1. The van der Waals surface area contributed by atoms with Gasteiger partial charge in [-0.15, -0.1) is 0 Å². The van der Waals surface area contributed by atoms with E-state index < -0.39 is 0 Å². The fraction of sp³-hybridized carbons (Fsp3) is 0.429. The first-order valence-electron chi connectivity index (χ1n) is 6.48. The molecule has 0 bridgehead atoms. The molecule has 0 saturated heterocycles. The molecule has 0 unspecified atom stereocenters. The SMILES string of the molecule is COCCCCNCc1cc(=O)n2ccccc2n1. The molecule has 2 aromatic rings. The summed E-state index contributed by atoms with van der Waals surface area (Å²) in [4.78, 5) is 16.3. The van der Waals surface area contributed by atoms with E-state index in [1.807, 2.05) is 18.2 Å². The molecule has 0 amide bonds. The molecular weight excluding hydrogens is 242 g/mol. The molecule has 0 spiro atoms. The number of hydrogen-bond acceptors (Lipinski definition) is 4. The zero-order chi connectivity index (χ0) is 13.5. The number of nitrogens with one attached hydrogen (secondary N) is 1. The number of unbranched alkanes of at least 4 members (excludes halogenated alkanes) is 1. The van der Waals surface area contributed by atoms with Crippen LogP contribution >= 0.6 is 0 Å². The standard InChI is InChI=1S/C14H19N3O2/c1-19-9-5-3-7-15-11-12-10-14(18)17-8-4-2-6-13(17)16-12/h2,4,6,8,10,15H,3,5,7,9,11H2,1H3. The maximum Gasteiger partial charge on any atom is 0.258 e. The lowest BCUT2D eigenvalue weighted by atomic mass is 10.3. The van der Waals surface area contributed by atoms with Crippen LogP contribution < -0.4 is 10.9 Å². The highest BCUT2D eigenvalue weighted by atomic mass is 16.5. The van der Waals surface area contributed by atoms with E-state index in [1.165, 1.54) is 0 Å². The van der Waals surface area contributed by atoms with Crippen molar-refractivity contribution in [2.45, 2.75) is 19.4 Å². The molecule has 2 aromatic heterocycles. The number of hydrogen-bond donors (Lipinski definition) is 1. The van der Waals surface area contributed by atoms with Gasteiger partial charge in [0, 0.05) is 32.5 Å². The van der Waals surface area contributed by atoms with Crippen LogP contribution in [0.25, 0.3) is 5.65 Å². The van der Waals surface area contributed by atoms with Crippen LogP contribution in [-0.4, -0.2) is 29.6 Å². The van der Waals surface area contributed by atoms with Gasteiger partial charge < -0.3 is 10.1 Å². The molecule has 5 heteroatoms. The Balaban J connectivity index is 1.92. The van der Waals surface area contributed by atoms with E-state index in [-0.39, 0.29) is 5.56 Å². The fourth-order valence-corrected chi connectivity index (χ4v) is 1.91. The summed E-state index contributed by atoms with van der Waals surface area (Å²) >= 11 is 0. The van der Waals surface area contributed by atoms with Crippen LogP contribution in [0, 0.1) is 0 Å². The highest BCUT2D eigenvalue weighted by Crippen LogP contribution is 1.98. The smallest absolute Gasteiger partial charge is 0.258 e. The summed E-state index contributed by atoms with van der Waals surface area (Å²) in [6, 6.07) is 7.12. The van der Waals surface area contributed by atoms with E-state index >= 15 is 0 Å².